The summed E-state index contributed by atoms with van der Waals surface area (Å²) in [7, 11) is 0. The number of hydrogen-bond donors (Lipinski definition) is 2. The third-order valence-electron chi connectivity index (χ3n) is 3.53. The number of rotatable bonds is 2. The second-order valence-corrected chi connectivity index (χ2v) is 5.29. The van der Waals surface area contributed by atoms with E-state index in [4.69, 9.17) is 0 Å². The van der Waals surface area contributed by atoms with Gasteiger partial charge in [-0.2, -0.15) is 0 Å². The lowest BCUT2D eigenvalue weighted by molar-refractivity contribution is 0.429. The molecule has 13 heavy (non-hydrogen) atoms. The fraction of sp³-hybridized carbons (Fsp3) is 1.00. The smallest absolute Gasteiger partial charge is 0.0127 e. The summed E-state index contributed by atoms with van der Waals surface area (Å²) in [5, 5.41) is 7.23. The van der Waals surface area contributed by atoms with E-state index in [1.54, 1.807) is 0 Å². The first-order valence-electron chi connectivity index (χ1n) is 5.65. The molecule has 2 unspecified atom stereocenters. The van der Waals surface area contributed by atoms with E-state index in [0.29, 0.717) is 5.41 Å². The van der Waals surface area contributed by atoms with Gasteiger partial charge in [-0.3, -0.25) is 0 Å². The summed E-state index contributed by atoms with van der Waals surface area (Å²) >= 11 is 0. The topological polar surface area (TPSA) is 24.1 Å². The fourth-order valence-electron chi connectivity index (χ4n) is 2.22. The minimum Gasteiger partial charge on any atom is -0.317 e. The lowest BCUT2D eigenvalue weighted by atomic mass is 10.1. The van der Waals surface area contributed by atoms with Crippen molar-refractivity contribution in [3.63, 3.8) is 0 Å². The molecule has 0 aromatic heterocycles. The van der Waals surface area contributed by atoms with E-state index >= 15 is 0 Å². The Kier molecular flexibility index (Phi) is 2.61. The first kappa shape index (κ1) is 9.47. The molecule has 76 valence electrons. The first-order valence-corrected chi connectivity index (χ1v) is 5.65. The molecule has 2 heteroatoms. The van der Waals surface area contributed by atoms with Crippen molar-refractivity contribution in [3.8, 4) is 0 Å². The standard InChI is InChI=1S/C11H22N2/c1-11(2)8-10(11)13-9-4-3-6-12-7-5-9/h9-10,12-13H,3-8H2,1-2H3. The van der Waals surface area contributed by atoms with Crippen molar-refractivity contribution < 1.29 is 0 Å². The molecule has 1 heterocycles. The lowest BCUT2D eigenvalue weighted by Gasteiger charge is -2.16. The zero-order valence-corrected chi connectivity index (χ0v) is 8.90. The van der Waals surface area contributed by atoms with Crippen molar-refractivity contribution in [3.05, 3.63) is 0 Å². The summed E-state index contributed by atoms with van der Waals surface area (Å²) in [5.41, 5.74) is 0.583. The van der Waals surface area contributed by atoms with Gasteiger partial charge in [-0.05, 0) is 44.2 Å². The van der Waals surface area contributed by atoms with Crippen LogP contribution in [0.1, 0.15) is 39.5 Å². The molecule has 0 aromatic rings. The molecule has 2 nitrogen and oxygen atoms in total. The second kappa shape index (κ2) is 3.58. The summed E-state index contributed by atoms with van der Waals surface area (Å²) in [5.74, 6) is 0. The highest BCUT2D eigenvalue weighted by atomic mass is 15.0. The lowest BCUT2D eigenvalue weighted by Crippen LogP contribution is -2.33. The van der Waals surface area contributed by atoms with Gasteiger partial charge in [0.1, 0.15) is 0 Å². The van der Waals surface area contributed by atoms with E-state index in [9.17, 15) is 0 Å². The van der Waals surface area contributed by atoms with Gasteiger partial charge in [-0.25, -0.2) is 0 Å². The Morgan fingerprint density at radius 1 is 1.23 bits per heavy atom. The van der Waals surface area contributed by atoms with Gasteiger partial charge in [0.2, 0.25) is 0 Å². The molecule has 1 saturated carbocycles. The molecular formula is C11H22N2. The average Bonchev–Trinajstić information content (AvgIpc) is 2.73. The van der Waals surface area contributed by atoms with Crippen molar-refractivity contribution in [2.75, 3.05) is 13.1 Å². The Morgan fingerprint density at radius 2 is 2.00 bits per heavy atom. The second-order valence-electron chi connectivity index (χ2n) is 5.29. The predicted molar refractivity (Wildman–Crippen MR) is 55.8 cm³/mol. The maximum Gasteiger partial charge on any atom is 0.0127 e. The summed E-state index contributed by atoms with van der Waals surface area (Å²) in [6.45, 7) is 7.14. The van der Waals surface area contributed by atoms with E-state index in [2.05, 4.69) is 24.5 Å². The highest BCUT2D eigenvalue weighted by Crippen LogP contribution is 2.45. The van der Waals surface area contributed by atoms with Crippen LogP contribution in [0.5, 0.6) is 0 Å². The Hall–Kier alpha value is -0.0800. The summed E-state index contributed by atoms with van der Waals surface area (Å²) in [4.78, 5) is 0. The van der Waals surface area contributed by atoms with Gasteiger partial charge < -0.3 is 10.6 Å². The molecule has 2 atom stereocenters. The maximum atomic E-state index is 3.78. The van der Waals surface area contributed by atoms with Crippen LogP contribution < -0.4 is 10.6 Å². The summed E-state index contributed by atoms with van der Waals surface area (Å²) in [6.07, 6.45) is 5.38. The molecule has 0 radical (unpaired) electrons. The third-order valence-corrected chi connectivity index (χ3v) is 3.53. The van der Waals surface area contributed by atoms with Gasteiger partial charge in [0.15, 0.2) is 0 Å². The maximum absolute atomic E-state index is 3.78. The highest BCUT2D eigenvalue weighted by Gasteiger charge is 2.46. The first-order chi connectivity index (χ1) is 6.18. The molecule has 1 aliphatic carbocycles. The molecule has 0 aromatic carbocycles. The molecule has 2 rings (SSSR count). The predicted octanol–water partition coefficient (Wildman–Crippen LogP) is 1.52. The van der Waals surface area contributed by atoms with Gasteiger partial charge >= 0.3 is 0 Å². The highest BCUT2D eigenvalue weighted by molar-refractivity contribution is 5.02. The van der Waals surface area contributed by atoms with Crippen LogP contribution >= 0.6 is 0 Å². The molecule has 1 aliphatic heterocycles. The van der Waals surface area contributed by atoms with Crippen molar-refractivity contribution in [1.82, 2.24) is 10.6 Å². The molecule has 1 saturated heterocycles. The molecule has 0 bridgehead atoms. The van der Waals surface area contributed by atoms with E-state index in [1.165, 1.54) is 38.8 Å². The minimum atomic E-state index is 0.583. The normalized spacial score (nSPS) is 38.3. The van der Waals surface area contributed by atoms with Crippen LogP contribution in [0, 0.1) is 5.41 Å². The monoisotopic (exact) mass is 182 g/mol. The number of nitrogens with one attached hydrogen (secondary N) is 2. The van der Waals surface area contributed by atoms with Crippen molar-refractivity contribution in [2.45, 2.75) is 51.6 Å². The van der Waals surface area contributed by atoms with E-state index < -0.39 is 0 Å². The van der Waals surface area contributed by atoms with E-state index in [0.717, 1.165) is 12.1 Å². The van der Waals surface area contributed by atoms with Crippen LogP contribution in [0.3, 0.4) is 0 Å². The van der Waals surface area contributed by atoms with Crippen molar-refractivity contribution >= 4 is 0 Å². The molecule has 2 fully saturated rings. The molecule has 0 spiro atoms. The summed E-state index contributed by atoms with van der Waals surface area (Å²) in [6, 6.07) is 1.58. The molecule has 0 amide bonds. The molecule has 2 aliphatic rings. The van der Waals surface area contributed by atoms with Crippen LogP contribution in [-0.2, 0) is 0 Å². The van der Waals surface area contributed by atoms with Gasteiger partial charge in [0.25, 0.3) is 0 Å². The van der Waals surface area contributed by atoms with Crippen molar-refractivity contribution in [2.24, 2.45) is 5.41 Å². The Bertz CT molecular complexity index is 169. The van der Waals surface area contributed by atoms with Crippen LogP contribution in [0.4, 0.5) is 0 Å². The Balaban J connectivity index is 1.74. The van der Waals surface area contributed by atoms with Gasteiger partial charge in [0.05, 0.1) is 0 Å². The van der Waals surface area contributed by atoms with Crippen LogP contribution in [0.2, 0.25) is 0 Å². The van der Waals surface area contributed by atoms with Gasteiger partial charge in [-0.1, -0.05) is 13.8 Å². The zero-order chi connectivity index (χ0) is 9.31. The van der Waals surface area contributed by atoms with E-state index in [-0.39, 0.29) is 0 Å². The molecular weight excluding hydrogens is 160 g/mol. The van der Waals surface area contributed by atoms with Crippen molar-refractivity contribution in [1.29, 1.82) is 0 Å². The number of hydrogen-bond acceptors (Lipinski definition) is 2. The minimum absolute atomic E-state index is 0.583. The largest absolute Gasteiger partial charge is 0.317 e. The summed E-state index contributed by atoms with van der Waals surface area (Å²) < 4.78 is 0. The SMILES string of the molecule is CC1(C)CC1NC1CCCNCC1. The average molecular weight is 182 g/mol. The molecule has 2 N–H and O–H groups in total. The van der Waals surface area contributed by atoms with Gasteiger partial charge in [0, 0.05) is 12.1 Å². The fourth-order valence-corrected chi connectivity index (χ4v) is 2.22. The van der Waals surface area contributed by atoms with Crippen LogP contribution in [-0.4, -0.2) is 25.2 Å². The van der Waals surface area contributed by atoms with Crippen LogP contribution in [0.15, 0.2) is 0 Å². The Morgan fingerprint density at radius 3 is 2.69 bits per heavy atom. The van der Waals surface area contributed by atoms with Crippen LogP contribution in [0.25, 0.3) is 0 Å². The Labute approximate surface area is 81.5 Å². The van der Waals surface area contributed by atoms with E-state index in [1.807, 2.05) is 0 Å². The quantitative estimate of drug-likeness (QED) is 0.676. The van der Waals surface area contributed by atoms with Gasteiger partial charge in [-0.15, -0.1) is 0 Å². The zero-order valence-electron chi connectivity index (χ0n) is 8.90. The third kappa shape index (κ3) is 2.44.